The summed E-state index contributed by atoms with van der Waals surface area (Å²) in [5, 5.41) is 6.87. The van der Waals surface area contributed by atoms with Crippen molar-refractivity contribution in [3.05, 3.63) is 59.4 Å². The molecule has 2 heterocycles. The van der Waals surface area contributed by atoms with Gasteiger partial charge in [-0.15, -0.1) is 0 Å². The van der Waals surface area contributed by atoms with Crippen LogP contribution in [0.25, 0.3) is 0 Å². The van der Waals surface area contributed by atoms with Crippen LogP contribution < -0.4 is 20.3 Å². The van der Waals surface area contributed by atoms with Crippen molar-refractivity contribution in [2.45, 2.75) is 32.4 Å². The monoisotopic (exact) mass is 412 g/mol. The van der Waals surface area contributed by atoms with Crippen molar-refractivity contribution in [1.82, 2.24) is 10.6 Å². The number of para-hydroxylation sites is 1. The molecule has 1 atom stereocenters. The molecule has 0 radical (unpaired) electrons. The van der Waals surface area contributed by atoms with E-state index in [1.54, 1.807) is 0 Å². The second-order valence-corrected chi connectivity index (χ2v) is 7.59. The number of halogens is 1. The highest BCUT2D eigenvalue weighted by Crippen LogP contribution is 2.29. The predicted molar refractivity (Wildman–Crippen MR) is 117 cm³/mol. The lowest BCUT2D eigenvalue weighted by molar-refractivity contribution is -0.0172. The van der Waals surface area contributed by atoms with Crippen molar-refractivity contribution >= 4 is 11.6 Å². The molecule has 0 bridgehead atoms. The summed E-state index contributed by atoms with van der Waals surface area (Å²) in [7, 11) is 0. The second-order valence-electron chi connectivity index (χ2n) is 7.59. The lowest BCUT2D eigenvalue weighted by Gasteiger charge is -2.21. The van der Waals surface area contributed by atoms with Crippen molar-refractivity contribution in [1.29, 1.82) is 0 Å². The molecule has 2 aromatic carbocycles. The topological polar surface area (TPSA) is 58.1 Å². The standard InChI is InChI=1S/C23H29FN4O2/c1-2-25-23(27-20-9-11-28(14-20)21-6-4-3-5-7-21)26-10-8-17-12-19(24)13-18-15-29-16-30-22(17)18/h3-7,12-13,20H,2,8-11,14-16H2,1H3,(H2,25,26,27). The zero-order valence-electron chi connectivity index (χ0n) is 17.4. The smallest absolute Gasteiger partial charge is 0.191 e. The van der Waals surface area contributed by atoms with E-state index in [2.05, 4.69) is 46.7 Å². The molecule has 0 saturated carbocycles. The fraction of sp³-hybridized carbons (Fsp3) is 0.435. The highest BCUT2D eigenvalue weighted by Gasteiger charge is 2.23. The number of fused-ring (bicyclic) bond motifs is 1. The molecule has 0 aliphatic carbocycles. The minimum Gasteiger partial charge on any atom is -0.467 e. The molecule has 2 aliphatic rings. The molecule has 1 unspecified atom stereocenters. The molecule has 6 nitrogen and oxygen atoms in total. The maximum Gasteiger partial charge on any atom is 0.191 e. The lowest BCUT2D eigenvalue weighted by Crippen LogP contribution is -2.44. The summed E-state index contributed by atoms with van der Waals surface area (Å²) < 4.78 is 24.8. The quantitative estimate of drug-likeness (QED) is 0.564. The minimum atomic E-state index is -0.265. The summed E-state index contributed by atoms with van der Waals surface area (Å²) in [4.78, 5) is 7.10. The van der Waals surface area contributed by atoms with Gasteiger partial charge in [-0.3, -0.25) is 4.99 Å². The normalized spacial score (nSPS) is 18.7. The van der Waals surface area contributed by atoms with Gasteiger partial charge in [-0.05, 0) is 49.6 Å². The summed E-state index contributed by atoms with van der Waals surface area (Å²) >= 11 is 0. The molecule has 1 fully saturated rings. The zero-order valence-corrected chi connectivity index (χ0v) is 17.4. The summed E-state index contributed by atoms with van der Waals surface area (Å²) in [6, 6.07) is 13.8. The van der Waals surface area contributed by atoms with E-state index in [-0.39, 0.29) is 12.6 Å². The van der Waals surface area contributed by atoms with Crippen LogP contribution in [0.4, 0.5) is 10.1 Å². The Kier molecular flexibility index (Phi) is 6.69. The van der Waals surface area contributed by atoms with Crippen LogP contribution in [-0.4, -0.2) is 45.0 Å². The summed E-state index contributed by atoms with van der Waals surface area (Å²) in [5.74, 6) is 1.27. The van der Waals surface area contributed by atoms with Crippen molar-refractivity contribution in [2.75, 3.05) is 37.9 Å². The first-order valence-electron chi connectivity index (χ1n) is 10.6. The maximum atomic E-state index is 13.9. The highest BCUT2D eigenvalue weighted by molar-refractivity contribution is 5.80. The number of anilines is 1. The second kappa shape index (κ2) is 9.80. The zero-order chi connectivity index (χ0) is 20.8. The number of nitrogens with zero attached hydrogens (tertiary/aromatic N) is 2. The largest absolute Gasteiger partial charge is 0.467 e. The van der Waals surface area contributed by atoms with E-state index in [4.69, 9.17) is 14.5 Å². The van der Waals surface area contributed by atoms with Crippen molar-refractivity contribution in [3.8, 4) is 5.75 Å². The van der Waals surface area contributed by atoms with Crippen molar-refractivity contribution < 1.29 is 13.9 Å². The Bertz CT molecular complexity index is 875. The molecular weight excluding hydrogens is 383 g/mol. The van der Waals surface area contributed by atoms with Crippen LogP contribution in [0.1, 0.15) is 24.5 Å². The Morgan fingerprint density at radius 1 is 1.27 bits per heavy atom. The number of rotatable bonds is 6. The number of hydrogen-bond acceptors (Lipinski definition) is 4. The molecular formula is C23H29FN4O2. The van der Waals surface area contributed by atoms with E-state index in [0.29, 0.717) is 25.6 Å². The molecule has 2 aliphatic heterocycles. The van der Waals surface area contributed by atoms with Gasteiger partial charge in [0.05, 0.1) is 6.61 Å². The van der Waals surface area contributed by atoms with Gasteiger partial charge in [0, 0.05) is 43.5 Å². The van der Waals surface area contributed by atoms with Gasteiger partial charge in [0.25, 0.3) is 0 Å². The summed E-state index contributed by atoms with van der Waals surface area (Å²) in [5.41, 5.74) is 2.85. The van der Waals surface area contributed by atoms with Gasteiger partial charge in [-0.1, -0.05) is 18.2 Å². The van der Waals surface area contributed by atoms with Crippen LogP contribution in [0.15, 0.2) is 47.5 Å². The van der Waals surface area contributed by atoms with Crippen LogP contribution >= 0.6 is 0 Å². The highest BCUT2D eigenvalue weighted by atomic mass is 19.1. The fourth-order valence-electron chi connectivity index (χ4n) is 4.00. The minimum absolute atomic E-state index is 0.207. The first-order chi connectivity index (χ1) is 14.7. The van der Waals surface area contributed by atoms with Crippen LogP contribution in [0.5, 0.6) is 5.75 Å². The van der Waals surface area contributed by atoms with Gasteiger partial charge in [0.2, 0.25) is 0 Å². The van der Waals surface area contributed by atoms with Gasteiger partial charge in [0.15, 0.2) is 12.8 Å². The van der Waals surface area contributed by atoms with Gasteiger partial charge < -0.3 is 25.0 Å². The van der Waals surface area contributed by atoms with Crippen molar-refractivity contribution in [2.24, 2.45) is 4.99 Å². The van der Waals surface area contributed by atoms with Gasteiger partial charge in [0.1, 0.15) is 11.6 Å². The van der Waals surface area contributed by atoms with Crippen molar-refractivity contribution in [3.63, 3.8) is 0 Å². The summed E-state index contributed by atoms with van der Waals surface area (Å²) in [6.07, 6.45) is 1.67. The van der Waals surface area contributed by atoms with Crippen LogP contribution in [0.2, 0.25) is 0 Å². The molecule has 30 heavy (non-hydrogen) atoms. The first kappa shape index (κ1) is 20.5. The number of aliphatic imine (C=N–C) groups is 1. The van der Waals surface area contributed by atoms with E-state index in [1.807, 2.05) is 6.07 Å². The molecule has 2 aromatic rings. The third-order valence-corrected chi connectivity index (χ3v) is 5.40. The van der Waals surface area contributed by atoms with Crippen LogP contribution in [-0.2, 0) is 17.8 Å². The van der Waals surface area contributed by atoms with E-state index in [0.717, 1.165) is 48.9 Å². The van der Waals surface area contributed by atoms with E-state index in [1.165, 1.54) is 17.8 Å². The molecule has 160 valence electrons. The average molecular weight is 413 g/mol. The third-order valence-electron chi connectivity index (χ3n) is 5.40. The van der Waals surface area contributed by atoms with Crippen LogP contribution in [0, 0.1) is 5.82 Å². The molecule has 0 spiro atoms. The number of nitrogens with one attached hydrogen (secondary N) is 2. The molecule has 2 N–H and O–H groups in total. The maximum absolute atomic E-state index is 13.9. The Morgan fingerprint density at radius 2 is 2.13 bits per heavy atom. The molecule has 1 saturated heterocycles. The predicted octanol–water partition coefficient (Wildman–Crippen LogP) is 3.07. The van der Waals surface area contributed by atoms with E-state index < -0.39 is 0 Å². The Balaban J connectivity index is 1.36. The third kappa shape index (κ3) is 5.02. The number of benzene rings is 2. The average Bonchev–Trinajstić information content (AvgIpc) is 3.23. The molecule has 7 heteroatoms. The SMILES string of the molecule is CCNC(=NCCc1cc(F)cc2c1OCOC2)NC1CCN(c2ccccc2)C1. The Hall–Kier alpha value is -2.80. The Labute approximate surface area is 177 Å². The number of ether oxygens (including phenoxy) is 2. The molecule has 0 aromatic heterocycles. The van der Waals surface area contributed by atoms with E-state index >= 15 is 0 Å². The van der Waals surface area contributed by atoms with E-state index in [9.17, 15) is 4.39 Å². The van der Waals surface area contributed by atoms with Gasteiger partial charge in [-0.25, -0.2) is 4.39 Å². The first-order valence-corrected chi connectivity index (χ1v) is 10.6. The fourth-order valence-corrected chi connectivity index (χ4v) is 4.00. The van der Waals surface area contributed by atoms with Crippen LogP contribution in [0.3, 0.4) is 0 Å². The summed E-state index contributed by atoms with van der Waals surface area (Å²) in [6.45, 7) is 5.95. The van der Waals surface area contributed by atoms with Gasteiger partial charge >= 0.3 is 0 Å². The number of guanidine groups is 1. The Morgan fingerprint density at radius 3 is 2.97 bits per heavy atom. The molecule has 0 amide bonds. The molecule has 4 rings (SSSR count). The number of hydrogen-bond donors (Lipinski definition) is 2. The van der Waals surface area contributed by atoms with Gasteiger partial charge in [-0.2, -0.15) is 0 Å². The lowest BCUT2D eigenvalue weighted by atomic mass is 10.1.